The molecule has 5 heteroatoms. The van der Waals surface area contributed by atoms with Crippen molar-refractivity contribution >= 4 is 28.9 Å². The lowest BCUT2D eigenvalue weighted by molar-refractivity contribution is -0.121. The molecule has 0 unspecified atom stereocenters. The summed E-state index contributed by atoms with van der Waals surface area (Å²) in [5.41, 5.74) is 3.39. The van der Waals surface area contributed by atoms with Crippen LogP contribution < -0.4 is 10.6 Å². The molecule has 2 N–H and O–H groups in total. The van der Waals surface area contributed by atoms with Gasteiger partial charge in [-0.1, -0.05) is 6.07 Å². The van der Waals surface area contributed by atoms with Gasteiger partial charge >= 0.3 is 0 Å². The molecule has 20 heavy (non-hydrogen) atoms. The van der Waals surface area contributed by atoms with E-state index < -0.39 is 0 Å². The second kappa shape index (κ2) is 7.24. The molecule has 1 amide bonds. The fraction of sp³-hybridized carbons (Fsp3) is 0.467. The van der Waals surface area contributed by atoms with Gasteiger partial charge in [-0.05, 0) is 63.2 Å². The van der Waals surface area contributed by atoms with Gasteiger partial charge in [-0.15, -0.1) is 0 Å². The van der Waals surface area contributed by atoms with Crippen LogP contribution in [-0.4, -0.2) is 35.6 Å². The lowest BCUT2D eigenvalue weighted by Crippen LogP contribution is -2.42. The maximum absolute atomic E-state index is 11.7. The Hall–Kier alpha value is -1.62. The standard InChI is InChI=1S/C15H23N3OS/c1-10(2)16-14(19)9-18(5)15(20)17-13-7-6-11(3)12(4)8-13/h6-8,10H,9H2,1-5H3,(H,16,19)(H,17,20). The molecule has 0 saturated carbocycles. The zero-order chi connectivity index (χ0) is 15.3. The zero-order valence-corrected chi connectivity index (χ0v) is 13.6. The molecule has 0 aliphatic rings. The number of anilines is 1. The van der Waals surface area contributed by atoms with Crippen LogP contribution in [0.15, 0.2) is 18.2 Å². The molecule has 0 aliphatic carbocycles. The number of carbonyl (C=O) groups is 1. The van der Waals surface area contributed by atoms with E-state index in [1.165, 1.54) is 11.1 Å². The third-order valence-electron chi connectivity index (χ3n) is 2.94. The molecule has 4 nitrogen and oxygen atoms in total. The van der Waals surface area contributed by atoms with E-state index in [0.717, 1.165) is 5.69 Å². The van der Waals surface area contributed by atoms with Gasteiger partial charge in [0.1, 0.15) is 0 Å². The molecule has 0 fully saturated rings. The van der Waals surface area contributed by atoms with Crippen LogP contribution in [0.3, 0.4) is 0 Å². The summed E-state index contributed by atoms with van der Waals surface area (Å²) in [7, 11) is 1.80. The van der Waals surface area contributed by atoms with Crippen molar-refractivity contribution in [3.8, 4) is 0 Å². The van der Waals surface area contributed by atoms with Gasteiger partial charge in [-0.25, -0.2) is 0 Å². The summed E-state index contributed by atoms with van der Waals surface area (Å²) >= 11 is 5.30. The lowest BCUT2D eigenvalue weighted by atomic mass is 10.1. The molecule has 110 valence electrons. The van der Waals surface area contributed by atoms with Crippen molar-refractivity contribution in [3.05, 3.63) is 29.3 Å². The summed E-state index contributed by atoms with van der Waals surface area (Å²) in [6, 6.07) is 6.21. The minimum Gasteiger partial charge on any atom is -0.352 e. The minimum absolute atomic E-state index is 0.0354. The van der Waals surface area contributed by atoms with Gasteiger partial charge in [-0.2, -0.15) is 0 Å². The Labute approximate surface area is 126 Å². The average molecular weight is 293 g/mol. The molecule has 0 heterocycles. The summed E-state index contributed by atoms with van der Waals surface area (Å²) in [4.78, 5) is 13.4. The quantitative estimate of drug-likeness (QED) is 0.837. The van der Waals surface area contributed by atoms with Crippen LogP contribution in [0.2, 0.25) is 0 Å². The topological polar surface area (TPSA) is 44.4 Å². The van der Waals surface area contributed by atoms with E-state index in [1.807, 2.05) is 32.0 Å². The van der Waals surface area contributed by atoms with Crippen molar-refractivity contribution in [2.45, 2.75) is 33.7 Å². The lowest BCUT2D eigenvalue weighted by Gasteiger charge is -2.21. The molecular weight excluding hydrogens is 270 g/mol. The number of nitrogens with zero attached hydrogens (tertiary/aromatic N) is 1. The number of nitrogens with one attached hydrogen (secondary N) is 2. The summed E-state index contributed by atoms with van der Waals surface area (Å²) < 4.78 is 0. The molecule has 1 rings (SSSR count). The number of aryl methyl sites for hydroxylation is 2. The van der Waals surface area contributed by atoms with Crippen LogP contribution in [0.4, 0.5) is 5.69 Å². The number of amides is 1. The first-order chi connectivity index (χ1) is 9.29. The van der Waals surface area contributed by atoms with E-state index in [4.69, 9.17) is 12.2 Å². The first-order valence-corrected chi connectivity index (χ1v) is 7.09. The van der Waals surface area contributed by atoms with Crippen molar-refractivity contribution in [1.29, 1.82) is 0 Å². The summed E-state index contributed by atoms with van der Waals surface area (Å²) in [6.07, 6.45) is 0. The van der Waals surface area contributed by atoms with Gasteiger partial charge in [0.05, 0.1) is 6.54 Å². The molecule has 0 aliphatic heterocycles. The van der Waals surface area contributed by atoms with E-state index in [1.54, 1.807) is 11.9 Å². The maximum Gasteiger partial charge on any atom is 0.239 e. The summed E-state index contributed by atoms with van der Waals surface area (Å²) in [6.45, 7) is 8.24. The highest BCUT2D eigenvalue weighted by Crippen LogP contribution is 2.14. The third-order valence-corrected chi connectivity index (χ3v) is 3.35. The molecule has 0 aromatic heterocycles. The van der Waals surface area contributed by atoms with E-state index >= 15 is 0 Å². The molecule has 0 radical (unpaired) electrons. The highest BCUT2D eigenvalue weighted by Gasteiger charge is 2.10. The number of hydrogen-bond donors (Lipinski definition) is 2. The third kappa shape index (κ3) is 5.17. The monoisotopic (exact) mass is 293 g/mol. The summed E-state index contributed by atoms with van der Waals surface area (Å²) in [5, 5.41) is 6.52. The number of benzene rings is 1. The fourth-order valence-electron chi connectivity index (χ4n) is 1.69. The van der Waals surface area contributed by atoms with Gasteiger partial charge in [0, 0.05) is 18.8 Å². The fourth-order valence-corrected chi connectivity index (χ4v) is 1.88. The molecule has 0 bridgehead atoms. The first kappa shape index (κ1) is 16.4. The Morgan fingerprint density at radius 2 is 1.95 bits per heavy atom. The van der Waals surface area contributed by atoms with Crippen LogP contribution >= 0.6 is 12.2 Å². The first-order valence-electron chi connectivity index (χ1n) is 6.68. The van der Waals surface area contributed by atoms with E-state index in [0.29, 0.717) is 5.11 Å². The number of carbonyl (C=O) groups excluding carboxylic acids is 1. The van der Waals surface area contributed by atoms with Gasteiger partial charge in [-0.3, -0.25) is 4.79 Å². The molecule has 0 spiro atoms. The van der Waals surface area contributed by atoms with Crippen LogP contribution in [0.5, 0.6) is 0 Å². The highest BCUT2D eigenvalue weighted by atomic mass is 32.1. The number of likely N-dealkylation sites (N-methyl/N-ethyl adjacent to an activating group) is 1. The van der Waals surface area contributed by atoms with Gasteiger partial charge < -0.3 is 15.5 Å². The van der Waals surface area contributed by atoms with Gasteiger partial charge in [0.2, 0.25) is 5.91 Å². The van der Waals surface area contributed by atoms with Gasteiger partial charge in [0.25, 0.3) is 0 Å². The van der Waals surface area contributed by atoms with Crippen molar-refractivity contribution in [3.63, 3.8) is 0 Å². The molecule has 1 aromatic rings. The smallest absolute Gasteiger partial charge is 0.239 e. The largest absolute Gasteiger partial charge is 0.352 e. The van der Waals surface area contributed by atoms with Crippen molar-refractivity contribution < 1.29 is 4.79 Å². The zero-order valence-electron chi connectivity index (χ0n) is 12.8. The molecule has 0 atom stereocenters. The second-order valence-electron chi connectivity index (χ2n) is 5.31. The highest BCUT2D eigenvalue weighted by molar-refractivity contribution is 7.80. The Morgan fingerprint density at radius 1 is 1.30 bits per heavy atom. The molecule has 1 aromatic carbocycles. The number of thiocarbonyl (C=S) groups is 1. The SMILES string of the molecule is Cc1ccc(NC(=S)N(C)CC(=O)NC(C)C)cc1C. The molecule has 0 saturated heterocycles. The van der Waals surface area contributed by atoms with E-state index in [2.05, 4.69) is 24.5 Å². The van der Waals surface area contributed by atoms with Crippen LogP contribution in [0.1, 0.15) is 25.0 Å². The Bertz CT molecular complexity index is 500. The second-order valence-corrected chi connectivity index (χ2v) is 5.69. The Kier molecular flexibility index (Phi) is 5.95. The summed E-state index contributed by atoms with van der Waals surface area (Å²) in [5.74, 6) is -0.0354. The van der Waals surface area contributed by atoms with Crippen molar-refractivity contribution in [2.75, 3.05) is 18.9 Å². The van der Waals surface area contributed by atoms with Crippen molar-refractivity contribution in [1.82, 2.24) is 10.2 Å². The normalized spacial score (nSPS) is 10.3. The Balaban J connectivity index is 2.57. The van der Waals surface area contributed by atoms with E-state index in [9.17, 15) is 4.79 Å². The van der Waals surface area contributed by atoms with Crippen molar-refractivity contribution in [2.24, 2.45) is 0 Å². The van der Waals surface area contributed by atoms with Crippen LogP contribution in [0.25, 0.3) is 0 Å². The predicted molar refractivity (Wildman–Crippen MR) is 88.0 cm³/mol. The van der Waals surface area contributed by atoms with Gasteiger partial charge in [0.15, 0.2) is 5.11 Å². The number of hydrogen-bond acceptors (Lipinski definition) is 2. The Morgan fingerprint density at radius 3 is 2.50 bits per heavy atom. The molecular formula is C15H23N3OS. The van der Waals surface area contributed by atoms with Crippen LogP contribution in [0, 0.1) is 13.8 Å². The number of rotatable bonds is 4. The maximum atomic E-state index is 11.7. The predicted octanol–water partition coefficient (Wildman–Crippen LogP) is 2.46. The van der Waals surface area contributed by atoms with E-state index in [-0.39, 0.29) is 18.5 Å². The van der Waals surface area contributed by atoms with Crippen LogP contribution in [-0.2, 0) is 4.79 Å². The average Bonchev–Trinajstić information content (AvgIpc) is 2.32. The minimum atomic E-state index is -0.0354.